The Morgan fingerprint density at radius 3 is 2.76 bits per heavy atom. The first kappa shape index (κ1) is 12.1. The molecule has 0 aliphatic carbocycles. The van der Waals surface area contributed by atoms with Crippen molar-refractivity contribution in [3.05, 3.63) is 46.4 Å². The van der Waals surface area contributed by atoms with E-state index in [4.69, 9.17) is 0 Å². The fraction of sp³-hybridized carbons (Fsp3) is 0.167. The van der Waals surface area contributed by atoms with Crippen LogP contribution >= 0.6 is 24.0 Å². The summed E-state index contributed by atoms with van der Waals surface area (Å²) >= 11 is 5.74. The smallest absolute Gasteiger partial charge is 0.251 e. The van der Waals surface area contributed by atoms with Crippen LogP contribution in [0.4, 0.5) is 0 Å². The Kier molecular flexibility index (Phi) is 4.17. The molecule has 2 aromatic rings. The van der Waals surface area contributed by atoms with E-state index in [0.29, 0.717) is 12.1 Å². The number of amides is 1. The topological polar surface area (TPSA) is 42.0 Å². The van der Waals surface area contributed by atoms with Crippen LogP contribution in [0.5, 0.6) is 0 Å². The molecule has 0 radical (unpaired) electrons. The maximum Gasteiger partial charge on any atom is 0.251 e. The fourth-order valence-corrected chi connectivity index (χ4v) is 2.12. The lowest BCUT2D eigenvalue weighted by atomic mass is 10.2. The molecule has 0 unspecified atom stereocenters. The number of hydrogen-bond acceptors (Lipinski definition) is 4. The van der Waals surface area contributed by atoms with Crippen molar-refractivity contribution in [2.75, 3.05) is 6.54 Å². The standard InChI is InChI=1S/C12H12N2OS2/c15-12(9-1-3-11(16)4-2-9)13-6-5-10-7-17-8-14-10/h1-4,7-8,16H,5-6H2,(H,13,15). The Morgan fingerprint density at radius 1 is 1.35 bits per heavy atom. The van der Waals surface area contributed by atoms with Crippen LogP contribution in [0.1, 0.15) is 16.1 Å². The van der Waals surface area contributed by atoms with E-state index in [2.05, 4.69) is 22.9 Å². The molecule has 0 aliphatic rings. The van der Waals surface area contributed by atoms with Gasteiger partial charge in [0.15, 0.2) is 0 Å². The van der Waals surface area contributed by atoms with Gasteiger partial charge >= 0.3 is 0 Å². The number of carbonyl (C=O) groups excluding carboxylic acids is 1. The molecule has 3 nitrogen and oxygen atoms in total. The van der Waals surface area contributed by atoms with Gasteiger partial charge in [0.1, 0.15) is 0 Å². The summed E-state index contributed by atoms with van der Waals surface area (Å²) in [5, 5.41) is 4.85. The van der Waals surface area contributed by atoms with Crippen LogP contribution in [0.25, 0.3) is 0 Å². The molecule has 0 saturated heterocycles. The number of aromatic nitrogens is 1. The second-order valence-corrected chi connectivity index (χ2v) is 4.77. The minimum Gasteiger partial charge on any atom is -0.352 e. The van der Waals surface area contributed by atoms with E-state index in [-0.39, 0.29) is 5.91 Å². The fourth-order valence-electron chi connectivity index (χ4n) is 1.38. The summed E-state index contributed by atoms with van der Waals surface area (Å²) in [6, 6.07) is 7.14. The summed E-state index contributed by atoms with van der Waals surface area (Å²) in [6.07, 6.45) is 0.764. The van der Waals surface area contributed by atoms with Crippen molar-refractivity contribution in [1.29, 1.82) is 0 Å². The molecule has 2 rings (SSSR count). The van der Waals surface area contributed by atoms with Gasteiger partial charge < -0.3 is 5.32 Å². The number of rotatable bonds is 4. The second kappa shape index (κ2) is 5.84. The number of nitrogens with zero attached hydrogens (tertiary/aromatic N) is 1. The van der Waals surface area contributed by atoms with Gasteiger partial charge in [-0.2, -0.15) is 0 Å². The van der Waals surface area contributed by atoms with Crippen LogP contribution in [0.2, 0.25) is 0 Å². The van der Waals surface area contributed by atoms with Gasteiger partial charge in [0.05, 0.1) is 11.2 Å². The molecule has 1 N–H and O–H groups in total. The van der Waals surface area contributed by atoms with Gasteiger partial charge in [0.2, 0.25) is 0 Å². The summed E-state index contributed by atoms with van der Waals surface area (Å²) < 4.78 is 0. The molecule has 5 heteroatoms. The molecule has 17 heavy (non-hydrogen) atoms. The van der Waals surface area contributed by atoms with E-state index in [1.807, 2.05) is 5.38 Å². The van der Waals surface area contributed by atoms with Crippen LogP contribution in [0, 0.1) is 0 Å². The number of benzene rings is 1. The van der Waals surface area contributed by atoms with Gasteiger partial charge in [-0.15, -0.1) is 24.0 Å². The molecule has 0 fully saturated rings. The Balaban J connectivity index is 1.83. The van der Waals surface area contributed by atoms with Crippen molar-refractivity contribution >= 4 is 29.9 Å². The molecular formula is C12H12N2OS2. The van der Waals surface area contributed by atoms with E-state index in [1.165, 1.54) is 0 Å². The summed E-state index contributed by atoms with van der Waals surface area (Å²) in [4.78, 5) is 16.7. The van der Waals surface area contributed by atoms with Crippen molar-refractivity contribution in [2.45, 2.75) is 11.3 Å². The van der Waals surface area contributed by atoms with Crippen molar-refractivity contribution in [2.24, 2.45) is 0 Å². The van der Waals surface area contributed by atoms with Gasteiger partial charge in [-0.25, -0.2) is 4.98 Å². The highest BCUT2D eigenvalue weighted by molar-refractivity contribution is 7.80. The average molecular weight is 264 g/mol. The zero-order valence-corrected chi connectivity index (χ0v) is 10.8. The summed E-state index contributed by atoms with van der Waals surface area (Å²) in [5.41, 5.74) is 3.46. The van der Waals surface area contributed by atoms with Gasteiger partial charge in [-0.05, 0) is 24.3 Å². The zero-order chi connectivity index (χ0) is 12.1. The number of carbonyl (C=O) groups is 1. The van der Waals surface area contributed by atoms with Crippen molar-refractivity contribution in [1.82, 2.24) is 10.3 Å². The van der Waals surface area contributed by atoms with E-state index in [1.54, 1.807) is 41.1 Å². The Labute approximate surface area is 109 Å². The van der Waals surface area contributed by atoms with Crippen LogP contribution < -0.4 is 5.32 Å². The SMILES string of the molecule is O=C(NCCc1cscn1)c1ccc(S)cc1. The molecule has 1 amide bonds. The van der Waals surface area contributed by atoms with Gasteiger partial charge in [0, 0.05) is 28.8 Å². The molecule has 0 spiro atoms. The lowest BCUT2D eigenvalue weighted by Gasteiger charge is -2.04. The zero-order valence-electron chi connectivity index (χ0n) is 9.09. The van der Waals surface area contributed by atoms with Gasteiger partial charge in [-0.1, -0.05) is 0 Å². The predicted octanol–water partition coefficient (Wildman–Crippen LogP) is 2.40. The lowest BCUT2D eigenvalue weighted by molar-refractivity contribution is 0.0954. The highest BCUT2D eigenvalue weighted by Gasteiger charge is 2.04. The molecule has 0 bridgehead atoms. The third-order valence-electron chi connectivity index (χ3n) is 2.28. The van der Waals surface area contributed by atoms with Crippen LogP contribution in [-0.4, -0.2) is 17.4 Å². The summed E-state index contributed by atoms with van der Waals surface area (Å²) in [6.45, 7) is 0.602. The lowest BCUT2D eigenvalue weighted by Crippen LogP contribution is -2.25. The van der Waals surface area contributed by atoms with Crippen molar-refractivity contribution in [3.63, 3.8) is 0 Å². The second-order valence-electron chi connectivity index (χ2n) is 3.53. The molecule has 1 heterocycles. The Hall–Kier alpha value is -1.33. The van der Waals surface area contributed by atoms with Gasteiger partial charge in [0.25, 0.3) is 5.91 Å². The third-order valence-corrected chi connectivity index (χ3v) is 3.21. The Bertz CT molecular complexity index is 480. The number of nitrogens with one attached hydrogen (secondary N) is 1. The molecule has 1 aromatic carbocycles. The first-order chi connectivity index (χ1) is 8.25. The van der Waals surface area contributed by atoms with E-state index in [9.17, 15) is 4.79 Å². The molecule has 1 aromatic heterocycles. The highest BCUT2D eigenvalue weighted by atomic mass is 32.1. The minimum absolute atomic E-state index is 0.0615. The Morgan fingerprint density at radius 2 is 2.12 bits per heavy atom. The van der Waals surface area contributed by atoms with Crippen molar-refractivity contribution in [3.8, 4) is 0 Å². The summed E-state index contributed by atoms with van der Waals surface area (Å²) in [5.74, 6) is -0.0615. The summed E-state index contributed by atoms with van der Waals surface area (Å²) in [7, 11) is 0. The van der Waals surface area contributed by atoms with E-state index < -0.39 is 0 Å². The number of thiazole rings is 1. The number of hydrogen-bond donors (Lipinski definition) is 2. The normalized spacial score (nSPS) is 10.2. The van der Waals surface area contributed by atoms with Crippen LogP contribution in [0.15, 0.2) is 40.1 Å². The van der Waals surface area contributed by atoms with E-state index in [0.717, 1.165) is 17.0 Å². The average Bonchev–Trinajstić information content (AvgIpc) is 2.83. The maximum absolute atomic E-state index is 11.7. The maximum atomic E-state index is 11.7. The quantitative estimate of drug-likeness (QED) is 0.833. The van der Waals surface area contributed by atoms with Crippen LogP contribution in [-0.2, 0) is 6.42 Å². The van der Waals surface area contributed by atoms with Crippen molar-refractivity contribution < 1.29 is 4.79 Å². The molecule has 0 saturated carbocycles. The predicted molar refractivity (Wildman–Crippen MR) is 71.8 cm³/mol. The first-order valence-corrected chi connectivity index (χ1v) is 6.59. The molecule has 88 valence electrons. The largest absolute Gasteiger partial charge is 0.352 e. The number of thiol groups is 1. The monoisotopic (exact) mass is 264 g/mol. The molecule has 0 atom stereocenters. The first-order valence-electron chi connectivity index (χ1n) is 5.20. The van der Waals surface area contributed by atoms with Gasteiger partial charge in [-0.3, -0.25) is 4.79 Å². The molecular weight excluding hydrogens is 252 g/mol. The minimum atomic E-state index is -0.0615. The van der Waals surface area contributed by atoms with Crippen LogP contribution in [0.3, 0.4) is 0 Å². The molecule has 0 aliphatic heterocycles. The highest BCUT2D eigenvalue weighted by Crippen LogP contribution is 2.07. The third kappa shape index (κ3) is 3.57. The van der Waals surface area contributed by atoms with E-state index >= 15 is 0 Å².